The number of benzene rings is 2. The van der Waals surface area contributed by atoms with Gasteiger partial charge in [0.1, 0.15) is 18.1 Å². The molecule has 0 saturated heterocycles. The zero-order valence-corrected chi connectivity index (χ0v) is 11.7. The number of hydrogen-bond donors (Lipinski definition) is 1. The van der Waals surface area contributed by atoms with E-state index < -0.39 is 5.97 Å². The number of esters is 1. The number of carbonyl (C=O) groups is 1. The lowest BCUT2D eigenvalue weighted by Crippen LogP contribution is -2.14. The first-order valence-corrected chi connectivity index (χ1v) is 6.44. The fourth-order valence-corrected chi connectivity index (χ4v) is 1.71. The van der Waals surface area contributed by atoms with Gasteiger partial charge in [0.25, 0.3) is 0 Å². The molecule has 110 valence electrons. The molecular weight excluding hydrogens is 270 g/mol. The molecule has 0 aromatic heterocycles. The van der Waals surface area contributed by atoms with Gasteiger partial charge in [0, 0.05) is 11.8 Å². The largest absolute Gasteiger partial charge is 0.497 e. The van der Waals surface area contributed by atoms with Gasteiger partial charge in [-0.1, -0.05) is 18.2 Å². The molecule has 5 heteroatoms. The van der Waals surface area contributed by atoms with Crippen LogP contribution in [0.3, 0.4) is 0 Å². The van der Waals surface area contributed by atoms with Crippen LogP contribution in [0.15, 0.2) is 48.5 Å². The number of hydrogen-bond acceptors (Lipinski definition) is 5. The summed E-state index contributed by atoms with van der Waals surface area (Å²) in [4.78, 5) is 11.6. The highest BCUT2D eigenvalue weighted by atomic mass is 16.6. The molecule has 2 N–H and O–H groups in total. The lowest BCUT2D eigenvalue weighted by molar-refractivity contribution is -0.147. The summed E-state index contributed by atoms with van der Waals surface area (Å²) in [5, 5.41) is 0. The van der Waals surface area contributed by atoms with Gasteiger partial charge in [0.15, 0.2) is 6.61 Å². The predicted octanol–water partition coefficient (Wildman–Crippen LogP) is 2.40. The Morgan fingerprint density at radius 3 is 2.62 bits per heavy atom. The number of rotatable bonds is 6. The predicted molar refractivity (Wildman–Crippen MR) is 79.1 cm³/mol. The average Bonchev–Trinajstić information content (AvgIpc) is 2.51. The van der Waals surface area contributed by atoms with E-state index in [4.69, 9.17) is 19.9 Å². The molecular formula is C16H17NO4. The third-order valence-electron chi connectivity index (χ3n) is 2.75. The van der Waals surface area contributed by atoms with E-state index >= 15 is 0 Å². The summed E-state index contributed by atoms with van der Waals surface area (Å²) < 4.78 is 15.5. The van der Waals surface area contributed by atoms with Crippen molar-refractivity contribution in [1.82, 2.24) is 0 Å². The maximum atomic E-state index is 11.6. The van der Waals surface area contributed by atoms with Crippen LogP contribution < -0.4 is 15.2 Å². The second-order valence-corrected chi connectivity index (χ2v) is 4.37. The maximum Gasteiger partial charge on any atom is 0.344 e. The normalized spacial score (nSPS) is 9.95. The molecule has 0 aliphatic heterocycles. The van der Waals surface area contributed by atoms with Gasteiger partial charge in [0.05, 0.1) is 7.11 Å². The van der Waals surface area contributed by atoms with Gasteiger partial charge in [0.2, 0.25) is 0 Å². The van der Waals surface area contributed by atoms with Gasteiger partial charge in [-0.15, -0.1) is 0 Å². The second kappa shape index (κ2) is 7.19. The highest BCUT2D eigenvalue weighted by Crippen LogP contribution is 2.15. The smallest absolute Gasteiger partial charge is 0.344 e. The molecule has 0 aliphatic rings. The van der Waals surface area contributed by atoms with Crippen molar-refractivity contribution in [1.29, 1.82) is 0 Å². The van der Waals surface area contributed by atoms with Crippen LogP contribution >= 0.6 is 0 Å². The molecule has 2 aromatic carbocycles. The topological polar surface area (TPSA) is 70.8 Å². The van der Waals surface area contributed by atoms with Gasteiger partial charge >= 0.3 is 5.97 Å². The van der Waals surface area contributed by atoms with E-state index in [1.165, 1.54) is 0 Å². The molecule has 0 radical (unpaired) electrons. The molecule has 21 heavy (non-hydrogen) atoms. The first-order chi connectivity index (χ1) is 10.2. The molecule has 0 amide bonds. The number of nitrogens with two attached hydrogens (primary N) is 1. The lowest BCUT2D eigenvalue weighted by atomic mass is 10.2. The van der Waals surface area contributed by atoms with E-state index in [1.54, 1.807) is 31.4 Å². The molecule has 0 spiro atoms. The van der Waals surface area contributed by atoms with Crippen LogP contribution in [-0.2, 0) is 16.1 Å². The monoisotopic (exact) mass is 287 g/mol. The SMILES string of the molecule is COc1cccc(COC(=O)COc2cccc(N)c2)c1. The zero-order valence-electron chi connectivity index (χ0n) is 11.7. The first kappa shape index (κ1) is 14.7. The Morgan fingerprint density at radius 2 is 1.86 bits per heavy atom. The van der Waals surface area contributed by atoms with Crippen LogP contribution in [-0.4, -0.2) is 19.7 Å². The molecule has 0 saturated carbocycles. The van der Waals surface area contributed by atoms with Crippen molar-refractivity contribution in [2.75, 3.05) is 19.5 Å². The van der Waals surface area contributed by atoms with Crippen molar-refractivity contribution >= 4 is 11.7 Å². The van der Waals surface area contributed by atoms with Gasteiger partial charge in [-0.05, 0) is 29.8 Å². The summed E-state index contributed by atoms with van der Waals surface area (Å²) in [6, 6.07) is 14.2. The third-order valence-corrected chi connectivity index (χ3v) is 2.75. The number of ether oxygens (including phenoxy) is 3. The van der Waals surface area contributed by atoms with Crippen LogP contribution in [0.5, 0.6) is 11.5 Å². The molecule has 0 unspecified atom stereocenters. The Labute approximate surface area is 123 Å². The Bertz CT molecular complexity index is 613. The van der Waals surface area contributed by atoms with Crippen LogP contribution in [0.1, 0.15) is 5.56 Å². The fraction of sp³-hybridized carbons (Fsp3) is 0.188. The zero-order chi connectivity index (χ0) is 15.1. The van der Waals surface area contributed by atoms with Crippen molar-refractivity contribution < 1.29 is 19.0 Å². The van der Waals surface area contributed by atoms with E-state index in [1.807, 2.05) is 24.3 Å². The van der Waals surface area contributed by atoms with Crippen molar-refractivity contribution in [3.05, 3.63) is 54.1 Å². The minimum Gasteiger partial charge on any atom is -0.497 e. The van der Waals surface area contributed by atoms with E-state index in [0.717, 1.165) is 11.3 Å². The van der Waals surface area contributed by atoms with E-state index in [0.29, 0.717) is 11.4 Å². The quantitative estimate of drug-likeness (QED) is 0.652. The third kappa shape index (κ3) is 4.72. The Hall–Kier alpha value is -2.69. The molecule has 0 aliphatic carbocycles. The van der Waals surface area contributed by atoms with Crippen molar-refractivity contribution in [2.24, 2.45) is 0 Å². The fourth-order valence-electron chi connectivity index (χ4n) is 1.71. The lowest BCUT2D eigenvalue weighted by Gasteiger charge is -2.08. The van der Waals surface area contributed by atoms with Crippen LogP contribution in [0.4, 0.5) is 5.69 Å². The number of anilines is 1. The highest BCUT2D eigenvalue weighted by Gasteiger charge is 2.05. The van der Waals surface area contributed by atoms with Gasteiger partial charge in [-0.3, -0.25) is 0 Å². The molecule has 2 aromatic rings. The van der Waals surface area contributed by atoms with Crippen molar-refractivity contribution in [3.8, 4) is 11.5 Å². The molecule has 0 atom stereocenters. The minimum atomic E-state index is -0.444. The summed E-state index contributed by atoms with van der Waals surface area (Å²) in [6.45, 7) is 0.0176. The standard InChI is InChI=1S/C16H17NO4/c1-19-14-6-2-4-12(8-14)10-21-16(18)11-20-15-7-3-5-13(17)9-15/h2-9H,10-11,17H2,1H3. The molecule has 0 heterocycles. The van der Waals surface area contributed by atoms with Gasteiger partial charge < -0.3 is 19.9 Å². The molecule has 2 rings (SSSR count). The van der Waals surface area contributed by atoms with Crippen LogP contribution in [0.2, 0.25) is 0 Å². The number of methoxy groups -OCH3 is 1. The van der Waals surface area contributed by atoms with Gasteiger partial charge in [-0.2, -0.15) is 0 Å². The maximum absolute atomic E-state index is 11.6. The van der Waals surface area contributed by atoms with Crippen molar-refractivity contribution in [2.45, 2.75) is 6.61 Å². The Balaban J connectivity index is 1.79. The molecule has 0 bridgehead atoms. The summed E-state index contributed by atoms with van der Waals surface area (Å²) in [7, 11) is 1.59. The molecule has 0 fully saturated rings. The number of nitrogen functional groups attached to an aromatic ring is 1. The summed E-state index contributed by atoms with van der Waals surface area (Å²) >= 11 is 0. The summed E-state index contributed by atoms with van der Waals surface area (Å²) in [6.07, 6.45) is 0. The summed E-state index contributed by atoms with van der Waals surface area (Å²) in [5.74, 6) is 0.813. The first-order valence-electron chi connectivity index (χ1n) is 6.44. The Morgan fingerprint density at radius 1 is 1.10 bits per heavy atom. The highest BCUT2D eigenvalue weighted by molar-refractivity contribution is 5.71. The number of carbonyl (C=O) groups excluding carboxylic acids is 1. The van der Waals surface area contributed by atoms with Crippen LogP contribution in [0.25, 0.3) is 0 Å². The van der Waals surface area contributed by atoms with Crippen LogP contribution in [0, 0.1) is 0 Å². The van der Waals surface area contributed by atoms with E-state index in [-0.39, 0.29) is 13.2 Å². The second-order valence-electron chi connectivity index (χ2n) is 4.37. The minimum absolute atomic E-state index is 0.159. The van der Waals surface area contributed by atoms with E-state index in [2.05, 4.69) is 0 Å². The average molecular weight is 287 g/mol. The van der Waals surface area contributed by atoms with Crippen molar-refractivity contribution in [3.63, 3.8) is 0 Å². The van der Waals surface area contributed by atoms with Gasteiger partial charge in [-0.25, -0.2) is 4.79 Å². The summed E-state index contributed by atoms with van der Waals surface area (Å²) in [5.41, 5.74) is 7.05. The van der Waals surface area contributed by atoms with E-state index in [9.17, 15) is 4.79 Å². The molecule has 5 nitrogen and oxygen atoms in total. The Kier molecular flexibility index (Phi) is 5.04.